The Labute approximate surface area is 121 Å². The van der Waals surface area contributed by atoms with Crippen LogP contribution >= 0.6 is 22.9 Å². The van der Waals surface area contributed by atoms with Gasteiger partial charge in [0.25, 0.3) is 0 Å². The minimum Gasteiger partial charge on any atom is -0.363 e. The van der Waals surface area contributed by atoms with Gasteiger partial charge in [-0.2, -0.15) is 0 Å². The van der Waals surface area contributed by atoms with E-state index in [-0.39, 0.29) is 0 Å². The Morgan fingerprint density at radius 2 is 2.21 bits per heavy atom. The van der Waals surface area contributed by atoms with E-state index in [1.54, 1.807) is 23.5 Å². The highest BCUT2D eigenvalue weighted by Gasteiger charge is 2.30. The van der Waals surface area contributed by atoms with Gasteiger partial charge in [-0.3, -0.25) is 4.79 Å². The normalized spacial score (nSPS) is 14.4. The van der Waals surface area contributed by atoms with Crippen LogP contribution in [0.5, 0.6) is 0 Å². The molecule has 0 N–H and O–H groups in total. The molecular formula is C15H14ClNOS. The van der Waals surface area contributed by atoms with Gasteiger partial charge < -0.3 is 4.90 Å². The van der Waals surface area contributed by atoms with Gasteiger partial charge in [0.2, 0.25) is 0 Å². The standard InChI is InChI=1S/C15H14ClNOS/c16-12-4-3-11(10-18)15(8-12)17(13-5-6-13)9-14-2-1-7-19-14/h1-4,7-8,10,13H,5-6,9H2. The topological polar surface area (TPSA) is 20.3 Å². The highest BCUT2D eigenvalue weighted by molar-refractivity contribution is 7.09. The molecule has 0 saturated heterocycles. The van der Waals surface area contributed by atoms with Gasteiger partial charge in [0.05, 0.1) is 6.54 Å². The molecule has 3 rings (SSSR count). The first-order chi connectivity index (χ1) is 9.28. The summed E-state index contributed by atoms with van der Waals surface area (Å²) in [7, 11) is 0. The predicted octanol–water partition coefficient (Wildman–Crippen LogP) is 4.38. The third-order valence-corrected chi connectivity index (χ3v) is 4.42. The van der Waals surface area contributed by atoms with Crippen molar-refractivity contribution in [2.75, 3.05) is 4.90 Å². The van der Waals surface area contributed by atoms with E-state index in [0.717, 1.165) is 18.5 Å². The lowest BCUT2D eigenvalue weighted by molar-refractivity contribution is 0.112. The molecule has 1 aliphatic carbocycles. The van der Waals surface area contributed by atoms with Crippen molar-refractivity contribution in [1.82, 2.24) is 0 Å². The number of hydrogen-bond donors (Lipinski definition) is 0. The van der Waals surface area contributed by atoms with E-state index in [4.69, 9.17) is 11.6 Å². The molecule has 2 aromatic rings. The molecule has 0 unspecified atom stereocenters. The number of carbonyl (C=O) groups is 1. The molecule has 1 aromatic heterocycles. The van der Waals surface area contributed by atoms with Gasteiger partial charge >= 0.3 is 0 Å². The first-order valence-electron chi connectivity index (χ1n) is 6.31. The molecule has 1 fully saturated rings. The van der Waals surface area contributed by atoms with Gasteiger partial charge in [0.1, 0.15) is 0 Å². The highest BCUT2D eigenvalue weighted by Crippen LogP contribution is 2.36. The van der Waals surface area contributed by atoms with Crippen molar-refractivity contribution >= 4 is 34.9 Å². The number of halogens is 1. The lowest BCUT2D eigenvalue weighted by atomic mass is 10.1. The zero-order valence-corrected chi connectivity index (χ0v) is 12.0. The molecule has 1 saturated carbocycles. The van der Waals surface area contributed by atoms with Crippen LogP contribution in [0, 0.1) is 0 Å². The molecule has 0 bridgehead atoms. The van der Waals surface area contributed by atoms with E-state index in [0.29, 0.717) is 16.6 Å². The molecule has 0 atom stereocenters. The third-order valence-electron chi connectivity index (χ3n) is 3.32. The number of carbonyl (C=O) groups excluding carboxylic acids is 1. The molecule has 2 nitrogen and oxygen atoms in total. The smallest absolute Gasteiger partial charge is 0.152 e. The molecule has 98 valence electrons. The Morgan fingerprint density at radius 3 is 2.84 bits per heavy atom. The molecule has 0 radical (unpaired) electrons. The number of rotatable bonds is 5. The fraction of sp³-hybridized carbons (Fsp3) is 0.267. The summed E-state index contributed by atoms with van der Waals surface area (Å²) in [5.74, 6) is 0. The van der Waals surface area contributed by atoms with Crippen molar-refractivity contribution < 1.29 is 4.79 Å². The molecule has 19 heavy (non-hydrogen) atoms. The summed E-state index contributed by atoms with van der Waals surface area (Å²) in [5.41, 5.74) is 1.67. The summed E-state index contributed by atoms with van der Waals surface area (Å²) >= 11 is 7.83. The Hall–Kier alpha value is -1.32. The zero-order chi connectivity index (χ0) is 13.2. The summed E-state index contributed by atoms with van der Waals surface area (Å²) in [6.45, 7) is 0.851. The second-order valence-electron chi connectivity index (χ2n) is 4.76. The first-order valence-corrected chi connectivity index (χ1v) is 7.57. The lowest BCUT2D eigenvalue weighted by Gasteiger charge is -2.25. The van der Waals surface area contributed by atoms with E-state index in [2.05, 4.69) is 22.4 Å². The number of benzene rings is 1. The molecule has 0 aliphatic heterocycles. The molecule has 0 amide bonds. The predicted molar refractivity (Wildman–Crippen MR) is 80.4 cm³/mol. The lowest BCUT2D eigenvalue weighted by Crippen LogP contribution is -2.25. The average molecular weight is 292 g/mol. The van der Waals surface area contributed by atoms with Crippen LogP contribution in [0.1, 0.15) is 28.1 Å². The quantitative estimate of drug-likeness (QED) is 0.762. The summed E-state index contributed by atoms with van der Waals surface area (Å²) < 4.78 is 0. The van der Waals surface area contributed by atoms with Crippen LogP contribution < -0.4 is 4.90 Å². The van der Waals surface area contributed by atoms with Crippen LogP contribution in [0.3, 0.4) is 0 Å². The van der Waals surface area contributed by atoms with Crippen molar-refractivity contribution in [3.8, 4) is 0 Å². The number of aldehydes is 1. The summed E-state index contributed by atoms with van der Waals surface area (Å²) in [4.78, 5) is 14.8. The molecule has 1 heterocycles. The molecule has 1 aromatic carbocycles. The summed E-state index contributed by atoms with van der Waals surface area (Å²) in [6, 6.07) is 10.2. The minimum absolute atomic E-state index is 0.541. The summed E-state index contributed by atoms with van der Waals surface area (Å²) in [5, 5.41) is 2.76. The molecule has 1 aliphatic rings. The van der Waals surface area contributed by atoms with Crippen LogP contribution in [0.25, 0.3) is 0 Å². The van der Waals surface area contributed by atoms with Gasteiger partial charge in [0, 0.05) is 27.2 Å². The Morgan fingerprint density at radius 1 is 1.37 bits per heavy atom. The maximum atomic E-state index is 11.2. The fourth-order valence-corrected chi connectivity index (χ4v) is 3.10. The van der Waals surface area contributed by atoms with Crippen LogP contribution in [0.4, 0.5) is 5.69 Å². The van der Waals surface area contributed by atoms with E-state index in [1.807, 2.05) is 6.07 Å². The SMILES string of the molecule is O=Cc1ccc(Cl)cc1N(Cc1cccs1)C1CC1. The minimum atomic E-state index is 0.541. The van der Waals surface area contributed by atoms with Crippen molar-refractivity contribution in [2.45, 2.75) is 25.4 Å². The van der Waals surface area contributed by atoms with Crippen LogP contribution in [0.15, 0.2) is 35.7 Å². The van der Waals surface area contributed by atoms with E-state index >= 15 is 0 Å². The van der Waals surface area contributed by atoms with Crippen molar-refractivity contribution in [3.05, 3.63) is 51.2 Å². The van der Waals surface area contributed by atoms with Gasteiger partial charge in [-0.25, -0.2) is 0 Å². The molecular weight excluding hydrogens is 278 g/mol. The maximum absolute atomic E-state index is 11.2. The largest absolute Gasteiger partial charge is 0.363 e. The van der Waals surface area contributed by atoms with E-state index in [9.17, 15) is 4.79 Å². The molecule has 0 spiro atoms. The van der Waals surface area contributed by atoms with Crippen LogP contribution in [-0.2, 0) is 6.54 Å². The average Bonchev–Trinajstić information content (AvgIpc) is 3.13. The second kappa shape index (κ2) is 5.35. The van der Waals surface area contributed by atoms with Crippen LogP contribution in [-0.4, -0.2) is 12.3 Å². The Kier molecular flexibility index (Phi) is 3.58. The van der Waals surface area contributed by atoms with Crippen molar-refractivity contribution in [2.24, 2.45) is 0 Å². The third kappa shape index (κ3) is 2.82. The fourth-order valence-electron chi connectivity index (χ4n) is 2.23. The maximum Gasteiger partial charge on any atom is 0.152 e. The number of hydrogen-bond acceptors (Lipinski definition) is 3. The number of nitrogens with zero attached hydrogens (tertiary/aromatic N) is 1. The molecule has 4 heteroatoms. The first kappa shape index (κ1) is 12.7. The van der Waals surface area contributed by atoms with Gasteiger partial charge in [-0.05, 0) is 42.5 Å². The Bertz CT molecular complexity index is 578. The van der Waals surface area contributed by atoms with Crippen molar-refractivity contribution in [3.63, 3.8) is 0 Å². The van der Waals surface area contributed by atoms with E-state index in [1.165, 1.54) is 17.7 Å². The van der Waals surface area contributed by atoms with E-state index < -0.39 is 0 Å². The van der Waals surface area contributed by atoms with Gasteiger partial charge in [-0.1, -0.05) is 17.7 Å². The van der Waals surface area contributed by atoms with Crippen LogP contribution in [0.2, 0.25) is 5.02 Å². The number of thiophene rings is 1. The highest BCUT2D eigenvalue weighted by atomic mass is 35.5. The second-order valence-corrected chi connectivity index (χ2v) is 6.23. The zero-order valence-electron chi connectivity index (χ0n) is 10.4. The summed E-state index contributed by atoms with van der Waals surface area (Å²) in [6.07, 6.45) is 3.29. The van der Waals surface area contributed by atoms with Gasteiger partial charge in [0.15, 0.2) is 6.29 Å². The van der Waals surface area contributed by atoms with Crippen molar-refractivity contribution in [1.29, 1.82) is 0 Å². The Balaban J connectivity index is 1.95. The van der Waals surface area contributed by atoms with Gasteiger partial charge in [-0.15, -0.1) is 11.3 Å². The monoisotopic (exact) mass is 291 g/mol. The number of anilines is 1.